The molecule has 3 rings (SSSR count). The van der Waals surface area contributed by atoms with Gasteiger partial charge in [0.1, 0.15) is 5.82 Å². The highest BCUT2D eigenvalue weighted by Gasteiger charge is 2.21. The second kappa shape index (κ2) is 7.88. The molecule has 3 aromatic rings. The molecule has 1 aromatic carbocycles. The average molecular weight is 387 g/mol. The smallest absolute Gasteiger partial charge is 0.257 e. The van der Waals surface area contributed by atoms with Crippen molar-refractivity contribution in [2.75, 3.05) is 18.4 Å². The molecule has 0 saturated carbocycles. The Balaban J connectivity index is 2.21. The van der Waals surface area contributed by atoms with Gasteiger partial charge in [-0.25, -0.2) is 14.4 Å². The molecule has 0 saturated heterocycles. The standard InChI is InChI=1S/C20H20ClFN4O/c1-4-26(5-2)20(27)15-11-23-19-14(8-6-12(3)24-19)18(15)25-17-10-13(21)7-9-16(17)22/h6-11H,4-5H2,1-3H3,(H,23,24,25). The first-order valence-electron chi connectivity index (χ1n) is 8.72. The van der Waals surface area contributed by atoms with Crippen molar-refractivity contribution in [2.24, 2.45) is 0 Å². The fourth-order valence-corrected chi connectivity index (χ4v) is 3.05. The van der Waals surface area contributed by atoms with E-state index in [1.54, 1.807) is 4.90 Å². The van der Waals surface area contributed by atoms with Crippen LogP contribution in [0.25, 0.3) is 11.0 Å². The highest BCUT2D eigenvalue weighted by Crippen LogP contribution is 2.31. The van der Waals surface area contributed by atoms with Crippen molar-refractivity contribution < 1.29 is 9.18 Å². The first kappa shape index (κ1) is 19.0. The predicted octanol–water partition coefficient (Wildman–Crippen LogP) is 4.96. The molecule has 0 spiro atoms. The number of nitrogens with one attached hydrogen (secondary N) is 1. The fourth-order valence-electron chi connectivity index (χ4n) is 2.88. The molecule has 0 atom stereocenters. The topological polar surface area (TPSA) is 58.1 Å². The lowest BCUT2D eigenvalue weighted by Crippen LogP contribution is -2.31. The number of rotatable bonds is 5. The van der Waals surface area contributed by atoms with E-state index >= 15 is 0 Å². The molecule has 0 radical (unpaired) electrons. The third-order valence-corrected chi connectivity index (χ3v) is 4.57. The van der Waals surface area contributed by atoms with Gasteiger partial charge in [-0.05, 0) is 51.1 Å². The van der Waals surface area contributed by atoms with Crippen LogP contribution in [0.1, 0.15) is 29.9 Å². The number of aryl methyl sites for hydroxylation is 1. The number of fused-ring (bicyclic) bond motifs is 1. The lowest BCUT2D eigenvalue weighted by Gasteiger charge is -2.21. The van der Waals surface area contributed by atoms with Crippen LogP contribution in [0.5, 0.6) is 0 Å². The normalized spacial score (nSPS) is 10.9. The summed E-state index contributed by atoms with van der Waals surface area (Å²) in [7, 11) is 0. The van der Waals surface area contributed by atoms with E-state index in [9.17, 15) is 9.18 Å². The highest BCUT2D eigenvalue weighted by atomic mass is 35.5. The zero-order chi connectivity index (χ0) is 19.6. The van der Waals surface area contributed by atoms with Crippen molar-refractivity contribution in [3.63, 3.8) is 0 Å². The van der Waals surface area contributed by atoms with Crippen molar-refractivity contribution in [3.05, 3.63) is 58.6 Å². The summed E-state index contributed by atoms with van der Waals surface area (Å²) in [5.74, 6) is -0.648. The van der Waals surface area contributed by atoms with Crippen LogP contribution in [0.4, 0.5) is 15.8 Å². The quantitative estimate of drug-likeness (QED) is 0.673. The number of hydrogen-bond acceptors (Lipinski definition) is 4. The number of nitrogens with zero attached hydrogens (tertiary/aromatic N) is 3. The molecule has 0 aliphatic carbocycles. The number of amides is 1. The van der Waals surface area contributed by atoms with E-state index in [-0.39, 0.29) is 11.6 Å². The van der Waals surface area contributed by atoms with Crippen molar-refractivity contribution in [1.82, 2.24) is 14.9 Å². The number of aromatic nitrogens is 2. The van der Waals surface area contributed by atoms with Gasteiger partial charge in [-0.1, -0.05) is 11.6 Å². The van der Waals surface area contributed by atoms with Crippen LogP contribution in [-0.2, 0) is 0 Å². The fraction of sp³-hybridized carbons (Fsp3) is 0.250. The van der Waals surface area contributed by atoms with Gasteiger partial charge >= 0.3 is 0 Å². The Kier molecular flexibility index (Phi) is 5.56. The molecule has 1 amide bonds. The highest BCUT2D eigenvalue weighted by molar-refractivity contribution is 6.30. The summed E-state index contributed by atoms with van der Waals surface area (Å²) in [5, 5.41) is 4.07. The van der Waals surface area contributed by atoms with E-state index < -0.39 is 5.82 Å². The van der Waals surface area contributed by atoms with Crippen LogP contribution in [0.2, 0.25) is 5.02 Å². The minimum absolute atomic E-state index is 0.181. The van der Waals surface area contributed by atoms with Crippen LogP contribution in [0.15, 0.2) is 36.5 Å². The van der Waals surface area contributed by atoms with E-state index in [0.717, 1.165) is 5.69 Å². The first-order chi connectivity index (χ1) is 12.9. The number of anilines is 2. The van der Waals surface area contributed by atoms with Gasteiger partial charge in [-0.3, -0.25) is 4.79 Å². The summed E-state index contributed by atoms with van der Waals surface area (Å²) < 4.78 is 14.3. The Hall–Kier alpha value is -2.73. The molecular formula is C20H20ClFN4O. The lowest BCUT2D eigenvalue weighted by atomic mass is 10.1. The number of carbonyl (C=O) groups excluding carboxylic acids is 1. The molecule has 5 nitrogen and oxygen atoms in total. The molecule has 2 heterocycles. The Bertz CT molecular complexity index is 1000. The minimum atomic E-state index is -0.467. The summed E-state index contributed by atoms with van der Waals surface area (Å²) in [6.07, 6.45) is 1.49. The van der Waals surface area contributed by atoms with Gasteiger partial charge in [0, 0.05) is 35.4 Å². The Morgan fingerprint density at radius 3 is 2.67 bits per heavy atom. The van der Waals surface area contributed by atoms with E-state index in [0.29, 0.717) is 40.4 Å². The van der Waals surface area contributed by atoms with Crippen LogP contribution < -0.4 is 5.32 Å². The van der Waals surface area contributed by atoms with Gasteiger partial charge in [-0.2, -0.15) is 0 Å². The maximum Gasteiger partial charge on any atom is 0.257 e. The molecule has 7 heteroatoms. The van der Waals surface area contributed by atoms with Gasteiger partial charge in [0.05, 0.1) is 16.9 Å². The summed E-state index contributed by atoms with van der Waals surface area (Å²) >= 11 is 6.01. The third kappa shape index (κ3) is 3.85. The monoisotopic (exact) mass is 386 g/mol. The SMILES string of the molecule is CCN(CC)C(=O)c1cnc2nc(C)ccc2c1Nc1cc(Cl)ccc1F. The maximum absolute atomic E-state index is 14.3. The molecule has 0 unspecified atom stereocenters. The molecule has 2 aromatic heterocycles. The van der Waals surface area contributed by atoms with E-state index in [1.165, 1.54) is 24.4 Å². The molecule has 1 N–H and O–H groups in total. The number of hydrogen-bond donors (Lipinski definition) is 1. The number of halogens is 2. The average Bonchev–Trinajstić information content (AvgIpc) is 2.65. The molecule has 140 valence electrons. The molecule has 0 aliphatic heterocycles. The number of benzene rings is 1. The molecule has 27 heavy (non-hydrogen) atoms. The third-order valence-electron chi connectivity index (χ3n) is 4.34. The number of carbonyl (C=O) groups is 1. The zero-order valence-corrected chi connectivity index (χ0v) is 16.1. The van der Waals surface area contributed by atoms with Crippen LogP contribution in [0, 0.1) is 12.7 Å². The second-order valence-corrected chi connectivity index (χ2v) is 6.53. The van der Waals surface area contributed by atoms with Crippen molar-refractivity contribution in [2.45, 2.75) is 20.8 Å². The van der Waals surface area contributed by atoms with E-state index in [4.69, 9.17) is 11.6 Å². The molecule has 0 aliphatic rings. The zero-order valence-electron chi connectivity index (χ0n) is 15.4. The van der Waals surface area contributed by atoms with Crippen LogP contribution >= 0.6 is 11.6 Å². The predicted molar refractivity (Wildman–Crippen MR) is 106 cm³/mol. The first-order valence-corrected chi connectivity index (χ1v) is 9.10. The minimum Gasteiger partial charge on any atom is -0.352 e. The van der Waals surface area contributed by atoms with Crippen molar-refractivity contribution >= 4 is 39.9 Å². The second-order valence-electron chi connectivity index (χ2n) is 6.10. The van der Waals surface area contributed by atoms with E-state index in [2.05, 4.69) is 15.3 Å². The van der Waals surface area contributed by atoms with Gasteiger partial charge in [-0.15, -0.1) is 0 Å². The van der Waals surface area contributed by atoms with Gasteiger partial charge < -0.3 is 10.2 Å². The summed E-state index contributed by atoms with van der Waals surface area (Å²) in [6.45, 7) is 6.80. The number of pyridine rings is 2. The maximum atomic E-state index is 14.3. The van der Waals surface area contributed by atoms with Crippen molar-refractivity contribution in [1.29, 1.82) is 0 Å². The molecule has 0 fully saturated rings. The molecule has 0 bridgehead atoms. The van der Waals surface area contributed by atoms with Crippen molar-refractivity contribution in [3.8, 4) is 0 Å². The van der Waals surface area contributed by atoms with Gasteiger partial charge in [0.15, 0.2) is 5.65 Å². The Morgan fingerprint density at radius 2 is 1.96 bits per heavy atom. The molecular weight excluding hydrogens is 367 g/mol. The summed E-state index contributed by atoms with van der Waals surface area (Å²) in [6, 6.07) is 7.89. The largest absolute Gasteiger partial charge is 0.352 e. The van der Waals surface area contributed by atoms with Crippen LogP contribution in [-0.4, -0.2) is 33.9 Å². The van der Waals surface area contributed by atoms with Gasteiger partial charge in [0.2, 0.25) is 0 Å². The van der Waals surface area contributed by atoms with E-state index in [1.807, 2.05) is 32.9 Å². The van der Waals surface area contributed by atoms with Gasteiger partial charge in [0.25, 0.3) is 5.91 Å². The summed E-state index contributed by atoms with van der Waals surface area (Å²) in [5.41, 5.74) is 2.29. The lowest BCUT2D eigenvalue weighted by molar-refractivity contribution is 0.0773. The van der Waals surface area contributed by atoms with Crippen LogP contribution in [0.3, 0.4) is 0 Å². The summed E-state index contributed by atoms with van der Waals surface area (Å²) in [4.78, 5) is 23.4. The Morgan fingerprint density at radius 1 is 1.22 bits per heavy atom. The Labute approximate surface area is 162 Å².